The van der Waals surface area contributed by atoms with Crippen LogP contribution >= 0.6 is 0 Å². The van der Waals surface area contributed by atoms with Gasteiger partial charge in [-0.25, -0.2) is 4.98 Å². The zero-order valence-electron chi connectivity index (χ0n) is 13.8. The van der Waals surface area contributed by atoms with Crippen molar-refractivity contribution in [3.63, 3.8) is 0 Å². The van der Waals surface area contributed by atoms with Gasteiger partial charge in [0, 0.05) is 24.2 Å². The standard InChI is InChI=1S/C17H23N3O3/c1-13-14(2)20(12-18-13)16-6-4-15(5-7-16)19-17(21)8-9-23-11-10-22-3/h4-7,12H,8-11H2,1-3H3,(H,19,21). The van der Waals surface area contributed by atoms with Crippen molar-refractivity contribution in [2.75, 3.05) is 32.2 Å². The van der Waals surface area contributed by atoms with Crippen molar-refractivity contribution in [3.05, 3.63) is 42.0 Å². The van der Waals surface area contributed by atoms with Crippen LogP contribution in [-0.4, -0.2) is 42.4 Å². The lowest BCUT2D eigenvalue weighted by atomic mass is 10.2. The first kappa shape index (κ1) is 17.2. The van der Waals surface area contributed by atoms with Gasteiger partial charge in [0.15, 0.2) is 0 Å². The Bertz CT molecular complexity index is 635. The third kappa shape index (κ3) is 4.91. The lowest BCUT2D eigenvalue weighted by Crippen LogP contribution is -2.15. The molecule has 1 aromatic heterocycles. The Balaban J connectivity index is 1.85. The third-order valence-corrected chi connectivity index (χ3v) is 3.59. The zero-order valence-corrected chi connectivity index (χ0v) is 13.8. The van der Waals surface area contributed by atoms with Crippen LogP contribution in [0.5, 0.6) is 0 Å². The maximum absolute atomic E-state index is 11.8. The Labute approximate surface area is 136 Å². The zero-order chi connectivity index (χ0) is 16.7. The maximum atomic E-state index is 11.8. The van der Waals surface area contributed by atoms with Gasteiger partial charge in [-0.2, -0.15) is 0 Å². The van der Waals surface area contributed by atoms with E-state index in [0.29, 0.717) is 26.2 Å². The average Bonchev–Trinajstić information content (AvgIpc) is 2.88. The Morgan fingerprint density at radius 3 is 2.52 bits per heavy atom. The predicted octanol–water partition coefficient (Wildman–Crippen LogP) is 2.48. The second kappa shape index (κ2) is 8.45. The summed E-state index contributed by atoms with van der Waals surface area (Å²) in [5.41, 5.74) is 3.90. The number of hydrogen-bond acceptors (Lipinski definition) is 4. The number of nitrogens with one attached hydrogen (secondary N) is 1. The molecule has 0 spiro atoms. The summed E-state index contributed by atoms with van der Waals surface area (Å²) in [4.78, 5) is 16.1. The summed E-state index contributed by atoms with van der Waals surface area (Å²) in [6, 6.07) is 7.68. The highest BCUT2D eigenvalue weighted by molar-refractivity contribution is 5.90. The summed E-state index contributed by atoms with van der Waals surface area (Å²) in [6.07, 6.45) is 2.13. The predicted molar refractivity (Wildman–Crippen MR) is 89.0 cm³/mol. The van der Waals surface area contributed by atoms with Gasteiger partial charge in [0.05, 0.1) is 38.3 Å². The van der Waals surface area contributed by atoms with E-state index in [2.05, 4.69) is 10.3 Å². The van der Waals surface area contributed by atoms with Crippen LogP contribution in [0, 0.1) is 13.8 Å². The van der Waals surface area contributed by atoms with Crippen LogP contribution in [0.15, 0.2) is 30.6 Å². The van der Waals surface area contributed by atoms with Gasteiger partial charge >= 0.3 is 0 Å². The van der Waals surface area contributed by atoms with Crippen LogP contribution in [0.25, 0.3) is 5.69 Å². The first-order valence-corrected chi connectivity index (χ1v) is 7.59. The average molecular weight is 317 g/mol. The van der Waals surface area contributed by atoms with Gasteiger partial charge in [-0.15, -0.1) is 0 Å². The first-order chi connectivity index (χ1) is 11.1. The highest BCUT2D eigenvalue weighted by atomic mass is 16.5. The number of ether oxygens (including phenoxy) is 2. The second-order valence-electron chi connectivity index (χ2n) is 5.24. The molecular formula is C17H23N3O3. The van der Waals surface area contributed by atoms with Crippen molar-refractivity contribution >= 4 is 11.6 Å². The summed E-state index contributed by atoms with van der Waals surface area (Å²) in [6.45, 7) is 5.44. The molecule has 0 atom stereocenters. The molecule has 1 aromatic carbocycles. The molecule has 0 fully saturated rings. The van der Waals surface area contributed by atoms with E-state index in [9.17, 15) is 4.79 Å². The smallest absolute Gasteiger partial charge is 0.226 e. The number of carbonyl (C=O) groups is 1. The number of amides is 1. The highest BCUT2D eigenvalue weighted by Gasteiger charge is 2.06. The number of aromatic nitrogens is 2. The number of hydrogen-bond donors (Lipinski definition) is 1. The summed E-state index contributed by atoms with van der Waals surface area (Å²) in [7, 11) is 1.62. The maximum Gasteiger partial charge on any atom is 0.226 e. The lowest BCUT2D eigenvalue weighted by Gasteiger charge is -2.09. The number of anilines is 1. The molecule has 6 heteroatoms. The molecule has 2 aromatic rings. The minimum Gasteiger partial charge on any atom is -0.382 e. The number of aryl methyl sites for hydroxylation is 1. The van der Waals surface area contributed by atoms with E-state index >= 15 is 0 Å². The molecule has 0 bridgehead atoms. The van der Waals surface area contributed by atoms with Crippen molar-refractivity contribution in [3.8, 4) is 5.69 Å². The van der Waals surface area contributed by atoms with E-state index in [0.717, 1.165) is 22.8 Å². The van der Waals surface area contributed by atoms with Crippen molar-refractivity contribution in [2.45, 2.75) is 20.3 Å². The minimum absolute atomic E-state index is 0.0650. The third-order valence-electron chi connectivity index (χ3n) is 3.59. The van der Waals surface area contributed by atoms with Crippen LogP contribution < -0.4 is 5.32 Å². The Morgan fingerprint density at radius 2 is 1.91 bits per heavy atom. The Morgan fingerprint density at radius 1 is 1.17 bits per heavy atom. The molecule has 1 amide bonds. The fourth-order valence-corrected chi connectivity index (χ4v) is 2.10. The first-order valence-electron chi connectivity index (χ1n) is 7.59. The summed E-state index contributed by atoms with van der Waals surface area (Å²) in [5, 5.41) is 2.86. The lowest BCUT2D eigenvalue weighted by molar-refractivity contribution is -0.117. The normalized spacial score (nSPS) is 10.7. The van der Waals surface area contributed by atoms with Crippen molar-refractivity contribution < 1.29 is 14.3 Å². The van der Waals surface area contributed by atoms with E-state index in [1.165, 1.54) is 0 Å². The largest absolute Gasteiger partial charge is 0.382 e. The molecule has 0 aliphatic carbocycles. The number of carbonyl (C=O) groups excluding carboxylic acids is 1. The number of benzene rings is 1. The van der Waals surface area contributed by atoms with Crippen LogP contribution in [0.4, 0.5) is 5.69 Å². The van der Waals surface area contributed by atoms with E-state index in [1.54, 1.807) is 13.4 Å². The topological polar surface area (TPSA) is 65.4 Å². The van der Waals surface area contributed by atoms with Crippen LogP contribution in [0.2, 0.25) is 0 Å². The van der Waals surface area contributed by atoms with E-state index in [4.69, 9.17) is 9.47 Å². The number of methoxy groups -OCH3 is 1. The Kier molecular flexibility index (Phi) is 6.31. The molecule has 0 saturated heterocycles. The fraction of sp³-hybridized carbons (Fsp3) is 0.412. The molecule has 0 saturated carbocycles. The molecule has 0 aliphatic rings. The summed E-state index contributed by atoms with van der Waals surface area (Å²) >= 11 is 0. The molecule has 0 aliphatic heterocycles. The van der Waals surface area contributed by atoms with Crippen LogP contribution in [0.1, 0.15) is 17.8 Å². The fourth-order valence-electron chi connectivity index (χ4n) is 2.10. The second-order valence-corrected chi connectivity index (χ2v) is 5.24. The van der Waals surface area contributed by atoms with Crippen molar-refractivity contribution in [2.24, 2.45) is 0 Å². The molecule has 1 heterocycles. The SMILES string of the molecule is COCCOCCC(=O)Nc1ccc(-n2cnc(C)c2C)cc1. The van der Waals surface area contributed by atoms with E-state index in [1.807, 2.05) is 42.7 Å². The highest BCUT2D eigenvalue weighted by Crippen LogP contribution is 2.16. The molecule has 6 nitrogen and oxygen atoms in total. The van der Waals surface area contributed by atoms with Crippen LogP contribution in [0.3, 0.4) is 0 Å². The van der Waals surface area contributed by atoms with Crippen molar-refractivity contribution in [1.82, 2.24) is 9.55 Å². The van der Waals surface area contributed by atoms with Crippen molar-refractivity contribution in [1.29, 1.82) is 0 Å². The van der Waals surface area contributed by atoms with E-state index in [-0.39, 0.29) is 5.91 Å². The quantitative estimate of drug-likeness (QED) is 0.760. The van der Waals surface area contributed by atoms with Gasteiger partial charge in [-0.05, 0) is 38.1 Å². The molecule has 0 unspecified atom stereocenters. The van der Waals surface area contributed by atoms with Gasteiger partial charge in [0.1, 0.15) is 0 Å². The number of nitrogens with zero attached hydrogens (tertiary/aromatic N) is 2. The van der Waals surface area contributed by atoms with E-state index < -0.39 is 0 Å². The number of imidazole rings is 1. The molecule has 2 rings (SSSR count). The van der Waals surface area contributed by atoms with Gasteiger partial charge < -0.3 is 19.4 Å². The van der Waals surface area contributed by atoms with Gasteiger partial charge in [0.2, 0.25) is 5.91 Å². The molecule has 0 radical (unpaired) electrons. The van der Waals surface area contributed by atoms with Gasteiger partial charge in [-0.3, -0.25) is 4.79 Å². The van der Waals surface area contributed by atoms with Gasteiger partial charge in [0.25, 0.3) is 0 Å². The van der Waals surface area contributed by atoms with Crippen LogP contribution in [-0.2, 0) is 14.3 Å². The summed E-state index contributed by atoms with van der Waals surface area (Å²) < 4.78 is 12.2. The van der Waals surface area contributed by atoms with Gasteiger partial charge in [-0.1, -0.05) is 0 Å². The number of rotatable bonds is 8. The molecular weight excluding hydrogens is 294 g/mol. The molecule has 23 heavy (non-hydrogen) atoms. The molecule has 1 N–H and O–H groups in total. The summed E-state index contributed by atoms with van der Waals surface area (Å²) in [5.74, 6) is -0.0650. The monoisotopic (exact) mass is 317 g/mol. The Hall–Kier alpha value is -2.18. The molecule has 124 valence electrons. The minimum atomic E-state index is -0.0650.